The van der Waals surface area contributed by atoms with Gasteiger partial charge in [-0.1, -0.05) is 24.3 Å². The van der Waals surface area contributed by atoms with Gasteiger partial charge in [-0.05, 0) is 36.8 Å². The molecule has 1 atom stereocenters. The zero-order valence-corrected chi connectivity index (χ0v) is 12.3. The highest BCUT2D eigenvalue weighted by molar-refractivity contribution is 8.00. The van der Waals surface area contributed by atoms with Gasteiger partial charge in [0.25, 0.3) is 0 Å². The number of benzene rings is 2. The van der Waals surface area contributed by atoms with Crippen molar-refractivity contribution in [2.45, 2.75) is 17.9 Å². The number of hydrogen-bond donors (Lipinski definition) is 1. The predicted molar refractivity (Wildman–Crippen MR) is 80.1 cm³/mol. The molecular weight excluding hydrogens is 292 g/mol. The number of carbonyl (C=O) groups excluding carboxylic acids is 1. The molecule has 0 saturated carbocycles. The second-order valence-electron chi connectivity index (χ2n) is 4.56. The summed E-state index contributed by atoms with van der Waals surface area (Å²) in [4.78, 5) is 12.3. The van der Waals surface area contributed by atoms with Crippen LogP contribution in [0.1, 0.15) is 18.5 Å². The topological polar surface area (TPSA) is 29.1 Å². The molecule has 1 unspecified atom stereocenters. The molecule has 0 fully saturated rings. The van der Waals surface area contributed by atoms with Crippen LogP contribution in [-0.4, -0.2) is 11.7 Å². The third-order valence-electron chi connectivity index (χ3n) is 2.94. The van der Waals surface area contributed by atoms with Gasteiger partial charge in [0.2, 0.25) is 5.91 Å². The van der Waals surface area contributed by atoms with Crippen LogP contribution in [0.15, 0.2) is 53.4 Å². The third kappa shape index (κ3) is 4.56. The van der Waals surface area contributed by atoms with Gasteiger partial charge in [0, 0.05) is 4.90 Å². The van der Waals surface area contributed by atoms with E-state index in [4.69, 9.17) is 0 Å². The van der Waals surface area contributed by atoms with Gasteiger partial charge in [-0.2, -0.15) is 0 Å². The molecule has 0 spiro atoms. The Labute approximate surface area is 126 Å². The Morgan fingerprint density at radius 3 is 2.48 bits per heavy atom. The fraction of sp³-hybridized carbons (Fsp3) is 0.188. The lowest BCUT2D eigenvalue weighted by molar-refractivity contribution is -0.119. The van der Waals surface area contributed by atoms with Crippen LogP contribution in [0.25, 0.3) is 0 Å². The van der Waals surface area contributed by atoms with Crippen LogP contribution in [0.4, 0.5) is 8.78 Å². The summed E-state index contributed by atoms with van der Waals surface area (Å²) in [5.41, 5.74) is 0.820. The van der Waals surface area contributed by atoms with Crippen molar-refractivity contribution in [1.82, 2.24) is 5.32 Å². The zero-order chi connectivity index (χ0) is 15.2. The molecule has 0 aliphatic carbocycles. The van der Waals surface area contributed by atoms with Gasteiger partial charge in [-0.15, -0.1) is 11.8 Å². The van der Waals surface area contributed by atoms with E-state index in [1.807, 2.05) is 6.92 Å². The van der Waals surface area contributed by atoms with Crippen LogP contribution < -0.4 is 5.32 Å². The minimum absolute atomic E-state index is 0.131. The maximum atomic E-state index is 13.4. The summed E-state index contributed by atoms with van der Waals surface area (Å²) in [6, 6.07) is 12.1. The van der Waals surface area contributed by atoms with E-state index in [-0.39, 0.29) is 29.3 Å². The lowest BCUT2D eigenvalue weighted by Gasteiger charge is -2.14. The predicted octanol–water partition coefficient (Wildman–Crippen LogP) is 3.93. The van der Waals surface area contributed by atoms with Crippen LogP contribution in [0, 0.1) is 11.6 Å². The minimum Gasteiger partial charge on any atom is -0.349 e. The van der Waals surface area contributed by atoms with E-state index in [2.05, 4.69) is 5.32 Å². The molecule has 2 nitrogen and oxygen atoms in total. The van der Waals surface area contributed by atoms with Gasteiger partial charge in [-0.3, -0.25) is 4.79 Å². The molecule has 5 heteroatoms. The van der Waals surface area contributed by atoms with E-state index in [0.717, 1.165) is 17.3 Å². The standard InChI is InChI=1S/C16H15F2NOS/c1-11(12-6-8-13(17)9-7-12)19-16(20)10-21-15-5-3-2-4-14(15)18/h2-9,11H,10H2,1H3,(H,19,20). The van der Waals surface area contributed by atoms with Crippen molar-refractivity contribution in [2.75, 3.05) is 5.75 Å². The first-order valence-corrected chi connectivity index (χ1v) is 7.47. The first-order chi connectivity index (χ1) is 10.1. The smallest absolute Gasteiger partial charge is 0.230 e. The third-order valence-corrected chi connectivity index (χ3v) is 3.99. The minimum atomic E-state index is -0.332. The molecule has 0 radical (unpaired) electrons. The second kappa shape index (κ2) is 7.22. The molecule has 1 amide bonds. The lowest BCUT2D eigenvalue weighted by Crippen LogP contribution is -2.28. The number of amides is 1. The van der Waals surface area contributed by atoms with Crippen LogP contribution in [0.2, 0.25) is 0 Å². The van der Waals surface area contributed by atoms with E-state index in [9.17, 15) is 13.6 Å². The zero-order valence-electron chi connectivity index (χ0n) is 11.5. The Hall–Kier alpha value is -1.88. The first-order valence-electron chi connectivity index (χ1n) is 6.48. The number of nitrogens with one attached hydrogen (secondary N) is 1. The van der Waals surface area contributed by atoms with Gasteiger partial charge < -0.3 is 5.32 Å². The molecule has 0 heterocycles. The largest absolute Gasteiger partial charge is 0.349 e. The fourth-order valence-electron chi connectivity index (χ4n) is 1.82. The Kier molecular flexibility index (Phi) is 5.33. The number of rotatable bonds is 5. The average Bonchev–Trinajstić information content (AvgIpc) is 2.47. The highest BCUT2D eigenvalue weighted by Gasteiger charge is 2.11. The molecule has 0 aliphatic heterocycles. The van der Waals surface area contributed by atoms with Crippen LogP contribution >= 0.6 is 11.8 Å². The molecule has 2 aromatic carbocycles. The molecular formula is C16H15F2NOS. The molecule has 0 aromatic heterocycles. The number of thioether (sulfide) groups is 1. The molecule has 0 saturated heterocycles. The molecule has 1 N–H and O–H groups in total. The van der Waals surface area contributed by atoms with E-state index in [1.165, 1.54) is 18.2 Å². The maximum absolute atomic E-state index is 13.4. The summed E-state index contributed by atoms with van der Waals surface area (Å²) < 4.78 is 26.2. The Morgan fingerprint density at radius 2 is 1.81 bits per heavy atom. The SMILES string of the molecule is CC(NC(=O)CSc1ccccc1F)c1ccc(F)cc1. The number of carbonyl (C=O) groups is 1. The van der Waals surface area contributed by atoms with E-state index < -0.39 is 0 Å². The van der Waals surface area contributed by atoms with Crippen molar-refractivity contribution in [1.29, 1.82) is 0 Å². The van der Waals surface area contributed by atoms with E-state index in [0.29, 0.717) is 4.90 Å². The summed E-state index contributed by atoms with van der Waals surface area (Å²) in [7, 11) is 0. The quantitative estimate of drug-likeness (QED) is 0.848. The van der Waals surface area contributed by atoms with Crippen molar-refractivity contribution in [3.05, 3.63) is 65.7 Å². The molecule has 2 rings (SSSR count). The number of halogens is 2. The molecule has 0 aliphatic rings. The van der Waals surface area contributed by atoms with Gasteiger partial charge in [0.15, 0.2) is 0 Å². The molecule has 110 valence electrons. The van der Waals surface area contributed by atoms with Crippen molar-refractivity contribution in [2.24, 2.45) is 0 Å². The van der Waals surface area contributed by atoms with Crippen molar-refractivity contribution in [3.63, 3.8) is 0 Å². The van der Waals surface area contributed by atoms with Gasteiger partial charge in [0.1, 0.15) is 11.6 Å². The average molecular weight is 307 g/mol. The summed E-state index contributed by atoms with van der Waals surface area (Å²) >= 11 is 1.15. The second-order valence-corrected chi connectivity index (χ2v) is 5.58. The van der Waals surface area contributed by atoms with E-state index in [1.54, 1.807) is 30.3 Å². The Balaban J connectivity index is 1.87. The highest BCUT2D eigenvalue weighted by Crippen LogP contribution is 2.21. The van der Waals surface area contributed by atoms with Crippen LogP contribution in [-0.2, 0) is 4.79 Å². The molecule has 0 bridgehead atoms. The van der Waals surface area contributed by atoms with E-state index >= 15 is 0 Å². The lowest BCUT2D eigenvalue weighted by atomic mass is 10.1. The summed E-state index contributed by atoms with van der Waals surface area (Å²) in [5, 5.41) is 2.80. The van der Waals surface area contributed by atoms with Gasteiger partial charge >= 0.3 is 0 Å². The number of hydrogen-bond acceptors (Lipinski definition) is 2. The van der Waals surface area contributed by atoms with Crippen molar-refractivity contribution < 1.29 is 13.6 Å². The summed E-state index contributed by atoms with van der Waals surface area (Å²) in [6.45, 7) is 1.82. The Morgan fingerprint density at radius 1 is 1.14 bits per heavy atom. The molecule has 21 heavy (non-hydrogen) atoms. The monoisotopic (exact) mass is 307 g/mol. The van der Waals surface area contributed by atoms with Crippen LogP contribution in [0.5, 0.6) is 0 Å². The fourth-order valence-corrected chi connectivity index (χ4v) is 2.57. The van der Waals surface area contributed by atoms with Gasteiger partial charge in [-0.25, -0.2) is 8.78 Å². The van der Waals surface area contributed by atoms with Gasteiger partial charge in [0.05, 0.1) is 11.8 Å². The highest BCUT2D eigenvalue weighted by atomic mass is 32.2. The Bertz CT molecular complexity index is 616. The van der Waals surface area contributed by atoms with Crippen molar-refractivity contribution >= 4 is 17.7 Å². The summed E-state index contributed by atoms with van der Waals surface area (Å²) in [5.74, 6) is -0.707. The van der Waals surface area contributed by atoms with Crippen molar-refractivity contribution in [3.8, 4) is 0 Å². The summed E-state index contributed by atoms with van der Waals surface area (Å²) in [6.07, 6.45) is 0. The maximum Gasteiger partial charge on any atom is 0.230 e. The van der Waals surface area contributed by atoms with Crippen LogP contribution in [0.3, 0.4) is 0 Å². The first kappa shape index (κ1) is 15.5. The molecule has 2 aromatic rings. The normalized spacial score (nSPS) is 12.0.